The van der Waals surface area contributed by atoms with E-state index in [2.05, 4.69) is 0 Å². The third-order valence-electron chi connectivity index (χ3n) is 2.53. The van der Waals surface area contributed by atoms with Crippen LogP contribution in [-0.4, -0.2) is 0 Å². The molecule has 2 aromatic rings. The van der Waals surface area contributed by atoms with Gasteiger partial charge in [0.15, 0.2) is 0 Å². The Bertz CT molecular complexity index is 567. The fourth-order valence-corrected chi connectivity index (χ4v) is 2.19. The summed E-state index contributed by atoms with van der Waals surface area (Å²) in [5.41, 5.74) is 1.86. The predicted molar refractivity (Wildman–Crippen MR) is 77.3 cm³/mol. The van der Waals surface area contributed by atoms with Gasteiger partial charge in [-0.3, -0.25) is 0 Å². The molecule has 0 fully saturated rings. The maximum atomic E-state index is 5.96. The molecule has 0 amide bonds. The van der Waals surface area contributed by atoms with Crippen LogP contribution in [0.3, 0.4) is 0 Å². The molecular weight excluding hydrogens is 291 g/mol. The molecule has 2 aromatic carbocycles. The average Bonchev–Trinajstić information content (AvgIpc) is 2.33. The van der Waals surface area contributed by atoms with Crippen molar-refractivity contribution in [3.63, 3.8) is 0 Å². The topological polar surface area (TPSA) is 9.23 Å². The summed E-state index contributed by atoms with van der Waals surface area (Å²) < 4.78 is 5.84. The molecule has 18 heavy (non-hydrogen) atoms. The summed E-state index contributed by atoms with van der Waals surface area (Å²) in [6.07, 6.45) is 0. The fraction of sp³-hybridized carbons (Fsp3) is 0.143. The first-order chi connectivity index (χ1) is 8.60. The Labute approximate surface area is 121 Å². The van der Waals surface area contributed by atoms with Gasteiger partial charge < -0.3 is 4.74 Å². The highest BCUT2D eigenvalue weighted by Gasteiger charge is 2.07. The van der Waals surface area contributed by atoms with Crippen molar-refractivity contribution in [2.45, 2.75) is 12.8 Å². The van der Waals surface area contributed by atoms with E-state index in [1.165, 1.54) is 0 Å². The van der Waals surface area contributed by atoms with Crippen molar-refractivity contribution >= 4 is 34.8 Å². The lowest BCUT2D eigenvalue weighted by Crippen LogP contribution is -1.91. The van der Waals surface area contributed by atoms with Crippen molar-refractivity contribution in [2.75, 3.05) is 0 Å². The lowest BCUT2D eigenvalue weighted by molar-refractivity contribution is 0.475. The molecule has 2 rings (SSSR count). The van der Waals surface area contributed by atoms with Crippen molar-refractivity contribution in [3.05, 3.63) is 57.6 Å². The largest absolute Gasteiger partial charge is 0.457 e. The maximum Gasteiger partial charge on any atom is 0.133 e. The summed E-state index contributed by atoms with van der Waals surface area (Å²) in [4.78, 5) is 0. The number of aryl methyl sites for hydroxylation is 1. The Hall–Kier alpha value is -0.890. The van der Waals surface area contributed by atoms with Gasteiger partial charge >= 0.3 is 0 Å². The quantitative estimate of drug-likeness (QED) is 0.648. The predicted octanol–water partition coefficient (Wildman–Crippen LogP) is 5.83. The fourth-order valence-electron chi connectivity index (χ4n) is 1.58. The molecule has 0 atom stereocenters. The van der Waals surface area contributed by atoms with Crippen LogP contribution in [0.5, 0.6) is 11.5 Å². The van der Waals surface area contributed by atoms with E-state index >= 15 is 0 Å². The molecule has 94 valence electrons. The van der Waals surface area contributed by atoms with E-state index in [4.69, 9.17) is 39.5 Å². The summed E-state index contributed by atoms with van der Waals surface area (Å²) in [7, 11) is 0. The third kappa shape index (κ3) is 3.11. The molecule has 0 heterocycles. The van der Waals surface area contributed by atoms with E-state index in [1.54, 1.807) is 18.2 Å². The van der Waals surface area contributed by atoms with Gasteiger partial charge in [-0.05, 0) is 42.8 Å². The van der Waals surface area contributed by atoms with Crippen LogP contribution in [-0.2, 0) is 5.88 Å². The molecule has 0 spiro atoms. The number of hydrogen-bond acceptors (Lipinski definition) is 1. The second kappa shape index (κ2) is 5.83. The molecule has 0 unspecified atom stereocenters. The van der Waals surface area contributed by atoms with E-state index < -0.39 is 0 Å². The minimum atomic E-state index is 0.374. The first kappa shape index (κ1) is 13.5. The molecule has 0 aromatic heterocycles. The van der Waals surface area contributed by atoms with Gasteiger partial charge in [-0.25, -0.2) is 0 Å². The molecule has 0 aliphatic carbocycles. The molecule has 0 radical (unpaired) electrons. The zero-order valence-electron chi connectivity index (χ0n) is 9.71. The van der Waals surface area contributed by atoms with Gasteiger partial charge in [0.05, 0.1) is 5.88 Å². The van der Waals surface area contributed by atoms with Gasteiger partial charge in [-0.15, -0.1) is 11.6 Å². The monoisotopic (exact) mass is 300 g/mol. The normalized spacial score (nSPS) is 10.4. The Morgan fingerprint density at radius 3 is 2.28 bits per heavy atom. The van der Waals surface area contributed by atoms with Crippen LogP contribution in [0.4, 0.5) is 0 Å². The van der Waals surface area contributed by atoms with Gasteiger partial charge in [0.1, 0.15) is 11.5 Å². The summed E-state index contributed by atoms with van der Waals surface area (Å²) >= 11 is 17.7. The lowest BCUT2D eigenvalue weighted by atomic mass is 10.2. The molecule has 0 aliphatic heterocycles. The zero-order chi connectivity index (χ0) is 13.1. The number of halogens is 3. The van der Waals surface area contributed by atoms with Crippen LogP contribution in [0.1, 0.15) is 11.1 Å². The van der Waals surface area contributed by atoms with E-state index in [-0.39, 0.29) is 0 Å². The second-order valence-corrected chi connectivity index (χ2v) is 5.04. The summed E-state index contributed by atoms with van der Waals surface area (Å²) in [6.45, 7) is 1.94. The number of benzene rings is 2. The maximum absolute atomic E-state index is 5.96. The Morgan fingerprint density at radius 2 is 1.61 bits per heavy atom. The first-order valence-corrected chi connectivity index (χ1v) is 6.67. The molecule has 4 heteroatoms. The smallest absolute Gasteiger partial charge is 0.133 e. The minimum absolute atomic E-state index is 0.374. The van der Waals surface area contributed by atoms with Crippen LogP contribution >= 0.6 is 34.8 Å². The van der Waals surface area contributed by atoms with E-state index in [9.17, 15) is 0 Å². The molecule has 1 nitrogen and oxygen atoms in total. The number of alkyl halides is 1. The highest BCUT2D eigenvalue weighted by Crippen LogP contribution is 2.32. The zero-order valence-corrected chi connectivity index (χ0v) is 12.0. The van der Waals surface area contributed by atoms with E-state index in [1.807, 2.05) is 25.1 Å². The first-order valence-electron chi connectivity index (χ1n) is 5.38. The highest BCUT2D eigenvalue weighted by molar-refractivity contribution is 6.31. The Balaban J connectivity index is 2.36. The van der Waals surface area contributed by atoms with Crippen molar-refractivity contribution < 1.29 is 4.74 Å². The highest BCUT2D eigenvalue weighted by atomic mass is 35.5. The van der Waals surface area contributed by atoms with E-state index in [0.717, 1.165) is 16.9 Å². The second-order valence-electron chi connectivity index (χ2n) is 3.90. The van der Waals surface area contributed by atoms with Crippen molar-refractivity contribution in [1.29, 1.82) is 0 Å². The molecule has 0 saturated heterocycles. The SMILES string of the molecule is Cc1cc(Cl)ccc1Oc1cc(Cl)ccc1CCl. The van der Waals surface area contributed by atoms with Gasteiger partial charge in [0, 0.05) is 15.6 Å². The summed E-state index contributed by atoms with van der Waals surface area (Å²) in [5.74, 6) is 1.79. The average molecular weight is 302 g/mol. The molecular formula is C14H11Cl3O. The molecule has 0 saturated carbocycles. The molecule has 0 bridgehead atoms. The molecule has 0 N–H and O–H groups in total. The van der Waals surface area contributed by atoms with Crippen LogP contribution in [0.25, 0.3) is 0 Å². The lowest BCUT2D eigenvalue weighted by Gasteiger charge is -2.12. The summed E-state index contributed by atoms with van der Waals surface area (Å²) in [5, 5.41) is 1.30. The number of hydrogen-bond donors (Lipinski definition) is 0. The van der Waals surface area contributed by atoms with Gasteiger partial charge in [0.25, 0.3) is 0 Å². The van der Waals surface area contributed by atoms with Gasteiger partial charge in [-0.2, -0.15) is 0 Å². The Morgan fingerprint density at radius 1 is 0.944 bits per heavy atom. The van der Waals surface area contributed by atoms with Crippen LogP contribution in [0.15, 0.2) is 36.4 Å². The standard InChI is InChI=1S/C14H11Cl3O/c1-9-6-11(16)4-5-13(9)18-14-7-12(17)3-2-10(14)8-15/h2-7H,8H2,1H3. The van der Waals surface area contributed by atoms with Crippen molar-refractivity contribution in [1.82, 2.24) is 0 Å². The van der Waals surface area contributed by atoms with Crippen LogP contribution < -0.4 is 4.74 Å². The Kier molecular flexibility index (Phi) is 4.39. The van der Waals surface area contributed by atoms with Crippen molar-refractivity contribution in [3.8, 4) is 11.5 Å². The van der Waals surface area contributed by atoms with Crippen LogP contribution in [0, 0.1) is 6.92 Å². The van der Waals surface area contributed by atoms with Crippen molar-refractivity contribution in [2.24, 2.45) is 0 Å². The third-order valence-corrected chi connectivity index (χ3v) is 3.29. The van der Waals surface area contributed by atoms with E-state index in [0.29, 0.717) is 21.7 Å². The van der Waals surface area contributed by atoms with Crippen LogP contribution in [0.2, 0.25) is 10.0 Å². The summed E-state index contributed by atoms with van der Waals surface area (Å²) in [6, 6.07) is 10.9. The number of rotatable bonds is 3. The van der Waals surface area contributed by atoms with Gasteiger partial charge in [-0.1, -0.05) is 29.3 Å². The molecule has 0 aliphatic rings. The minimum Gasteiger partial charge on any atom is -0.457 e. The van der Waals surface area contributed by atoms with Gasteiger partial charge in [0.2, 0.25) is 0 Å². The number of ether oxygens (including phenoxy) is 1.